The number of hydrogen-bond donors (Lipinski definition) is 4. The molecule has 0 aromatic heterocycles. The number of carbonyl (C=O) groups is 1. The van der Waals surface area contributed by atoms with Crippen molar-refractivity contribution in [1.29, 1.82) is 0 Å². The van der Waals surface area contributed by atoms with E-state index in [-0.39, 0.29) is 19.6 Å². The van der Waals surface area contributed by atoms with Gasteiger partial charge in [0, 0.05) is 13.0 Å². The molecule has 0 aromatic rings. The number of carbonyl (C=O) groups excluding carboxylic acids is 1. The summed E-state index contributed by atoms with van der Waals surface area (Å²) in [6.45, 7) is 4.03. The predicted octanol–water partition coefficient (Wildman–Crippen LogP) is 11.3. The minimum Gasteiger partial charge on any atom is -0.457 e. The van der Waals surface area contributed by atoms with Crippen LogP contribution in [0, 0.1) is 0 Å². The summed E-state index contributed by atoms with van der Waals surface area (Å²) in [4.78, 5) is 12.9. The van der Waals surface area contributed by atoms with Crippen molar-refractivity contribution >= 4 is 16.4 Å². The maximum Gasteiger partial charge on any atom is 0.397 e. The van der Waals surface area contributed by atoms with Gasteiger partial charge >= 0.3 is 16.4 Å². The number of rotatable bonds is 45. The number of esters is 1. The second-order valence-corrected chi connectivity index (χ2v) is 18.8. The molecule has 4 N–H and O–H groups in total. The van der Waals surface area contributed by atoms with Crippen molar-refractivity contribution in [3.05, 3.63) is 0 Å². The summed E-state index contributed by atoms with van der Waals surface area (Å²) in [5.74, 6) is -0.392. The molecule has 1 fully saturated rings. The largest absolute Gasteiger partial charge is 0.457 e. The van der Waals surface area contributed by atoms with Crippen LogP contribution in [-0.2, 0) is 38.3 Å². The summed E-state index contributed by atoms with van der Waals surface area (Å²) in [5.41, 5.74) is 0. The molecule has 0 radical (unpaired) electrons. The van der Waals surface area contributed by atoms with E-state index in [0.717, 1.165) is 38.5 Å². The van der Waals surface area contributed by atoms with Crippen LogP contribution < -0.4 is 0 Å². The van der Waals surface area contributed by atoms with Crippen LogP contribution in [0.15, 0.2) is 0 Å². The third-order valence-electron chi connectivity index (χ3n) is 12.0. The van der Waals surface area contributed by atoms with Crippen LogP contribution in [0.2, 0.25) is 0 Å². The molecule has 6 unspecified atom stereocenters. The Kier molecular flexibility index (Phi) is 38.7. The first-order chi connectivity index (χ1) is 29.6. The number of ether oxygens (including phenoxy) is 4. The highest BCUT2D eigenvalue weighted by molar-refractivity contribution is 7.80. The fraction of sp³-hybridized carbons (Fsp3) is 0.979. The van der Waals surface area contributed by atoms with Crippen molar-refractivity contribution < 1.29 is 56.2 Å². The quantitative estimate of drug-likeness (QED) is 0.0259. The minimum atomic E-state index is -5.06. The van der Waals surface area contributed by atoms with Gasteiger partial charge in [-0.15, -0.1) is 0 Å². The molecule has 6 atom stereocenters. The molecule has 0 saturated carbocycles. The molecule has 0 aromatic carbocycles. The summed E-state index contributed by atoms with van der Waals surface area (Å²) >= 11 is 0. The molecular formula is C48H94O12S. The molecule has 1 heterocycles. The monoisotopic (exact) mass is 895 g/mol. The molecule has 1 saturated heterocycles. The number of hydrogen-bond acceptors (Lipinski definition) is 11. The predicted molar refractivity (Wildman–Crippen MR) is 244 cm³/mol. The van der Waals surface area contributed by atoms with Crippen molar-refractivity contribution in [2.75, 3.05) is 26.4 Å². The van der Waals surface area contributed by atoms with E-state index in [1.165, 1.54) is 173 Å². The van der Waals surface area contributed by atoms with Crippen LogP contribution >= 0.6 is 0 Å². The fourth-order valence-electron chi connectivity index (χ4n) is 8.15. The topological polar surface area (TPSA) is 178 Å². The number of aliphatic hydroxyl groups is 3. The van der Waals surface area contributed by atoms with Crippen molar-refractivity contribution in [2.24, 2.45) is 0 Å². The highest BCUT2D eigenvalue weighted by Crippen LogP contribution is 2.26. The second-order valence-electron chi connectivity index (χ2n) is 17.8. The van der Waals surface area contributed by atoms with Crippen molar-refractivity contribution in [3.8, 4) is 0 Å². The zero-order chi connectivity index (χ0) is 44.7. The molecule has 61 heavy (non-hydrogen) atoms. The maximum atomic E-state index is 12.9. The van der Waals surface area contributed by atoms with Gasteiger partial charge < -0.3 is 34.3 Å². The zero-order valence-corrected chi connectivity index (χ0v) is 39.8. The molecule has 1 aliphatic heterocycles. The standard InChI is InChI=1S/C48H94O12S/c1-3-5-7-9-11-13-15-16-17-18-19-20-21-22-23-24-25-26-27-29-31-33-35-37-44(50)58-42(40-56-38-36-34-32-30-28-14-12-10-8-6-4-2)41-57-48-46(52)47(60-61(53,54)55)45(51)43(39-49)59-48/h42-43,45-49,51-52H,3-41H2,1-2H3,(H,53,54,55). The van der Waals surface area contributed by atoms with E-state index in [4.69, 9.17) is 23.5 Å². The van der Waals surface area contributed by atoms with Gasteiger partial charge in [0.2, 0.25) is 0 Å². The average Bonchev–Trinajstić information content (AvgIpc) is 3.23. The van der Waals surface area contributed by atoms with Crippen LogP contribution in [0.1, 0.15) is 239 Å². The van der Waals surface area contributed by atoms with Gasteiger partial charge in [-0.25, -0.2) is 4.18 Å². The third-order valence-corrected chi connectivity index (χ3v) is 12.4. The molecule has 13 heteroatoms. The van der Waals surface area contributed by atoms with Gasteiger partial charge in [-0.3, -0.25) is 9.35 Å². The molecule has 0 amide bonds. The first-order valence-corrected chi connectivity index (χ1v) is 26.7. The van der Waals surface area contributed by atoms with E-state index in [0.29, 0.717) is 13.0 Å². The Hall–Kier alpha value is -0.900. The second kappa shape index (κ2) is 40.6. The Morgan fingerprint density at radius 2 is 0.934 bits per heavy atom. The van der Waals surface area contributed by atoms with E-state index in [1.807, 2.05) is 0 Å². The van der Waals surface area contributed by atoms with Gasteiger partial charge in [0.05, 0.1) is 19.8 Å². The van der Waals surface area contributed by atoms with Crippen molar-refractivity contribution in [1.82, 2.24) is 0 Å². The number of unbranched alkanes of at least 4 members (excludes halogenated alkanes) is 32. The summed E-state index contributed by atoms with van der Waals surface area (Å²) < 4.78 is 59.1. The summed E-state index contributed by atoms with van der Waals surface area (Å²) in [7, 11) is -5.06. The van der Waals surface area contributed by atoms with Crippen LogP contribution in [0.5, 0.6) is 0 Å². The van der Waals surface area contributed by atoms with Crippen molar-refractivity contribution in [3.63, 3.8) is 0 Å². The third kappa shape index (κ3) is 34.2. The molecular weight excluding hydrogens is 801 g/mol. The molecule has 1 rings (SSSR count). The van der Waals surface area contributed by atoms with Gasteiger partial charge in [-0.1, -0.05) is 219 Å². The Morgan fingerprint density at radius 3 is 1.31 bits per heavy atom. The Morgan fingerprint density at radius 1 is 0.557 bits per heavy atom. The molecule has 0 bridgehead atoms. The van der Waals surface area contributed by atoms with Gasteiger partial charge in [-0.2, -0.15) is 8.42 Å². The summed E-state index contributed by atoms with van der Waals surface area (Å²) in [5, 5.41) is 30.7. The van der Waals surface area contributed by atoms with E-state index in [9.17, 15) is 28.5 Å². The summed E-state index contributed by atoms with van der Waals surface area (Å²) in [6, 6.07) is 0. The molecule has 0 aliphatic carbocycles. The first kappa shape index (κ1) is 58.1. The highest BCUT2D eigenvalue weighted by atomic mass is 32.3. The Labute approximate surface area is 373 Å². The number of aliphatic hydroxyl groups excluding tert-OH is 3. The smallest absolute Gasteiger partial charge is 0.397 e. The maximum absolute atomic E-state index is 12.9. The van der Waals surface area contributed by atoms with Gasteiger partial charge in [0.15, 0.2) is 6.29 Å². The van der Waals surface area contributed by atoms with Crippen molar-refractivity contribution in [2.45, 2.75) is 275 Å². The highest BCUT2D eigenvalue weighted by Gasteiger charge is 2.48. The average molecular weight is 895 g/mol. The van der Waals surface area contributed by atoms with E-state index in [2.05, 4.69) is 18.0 Å². The van der Waals surface area contributed by atoms with E-state index >= 15 is 0 Å². The lowest BCUT2D eigenvalue weighted by Gasteiger charge is -2.41. The molecule has 364 valence electrons. The van der Waals surface area contributed by atoms with Crippen LogP contribution in [0.4, 0.5) is 0 Å². The van der Waals surface area contributed by atoms with Gasteiger partial charge in [-0.05, 0) is 12.8 Å². The summed E-state index contributed by atoms with van der Waals surface area (Å²) in [6.07, 6.45) is 34.3. The fourth-order valence-corrected chi connectivity index (χ4v) is 8.65. The van der Waals surface area contributed by atoms with Gasteiger partial charge in [0.25, 0.3) is 0 Å². The SMILES string of the molecule is CCCCCCCCCCCCCCCCCCCCCCCCCC(=O)OC(COCCCCCCCCCCCCC)COC1OC(CO)C(O)C(OS(=O)(=O)O)C1O. The molecule has 0 spiro atoms. The van der Waals surface area contributed by atoms with E-state index < -0.39 is 59.8 Å². The minimum absolute atomic E-state index is 0.0444. The molecule has 12 nitrogen and oxygen atoms in total. The normalized spacial score (nSPS) is 20.0. The van der Waals surface area contributed by atoms with Crippen LogP contribution in [0.3, 0.4) is 0 Å². The Bertz CT molecular complexity index is 1080. The Balaban J connectivity index is 2.29. The molecule has 1 aliphatic rings. The lowest BCUT2D eigenvalue weighted by atomic mass is 9.99. The first-order valence-electron chi connectivity index (χ1n) is 25.3. The van der Waals surface area contributed by atoms with Gasteiger partial charge in [0.1, 0.15) is 30.5 Å². The van der Waals surface area contributed by atoms with Crippen LogP contribution in [0.25, 0.3) is 0 Å². The lowest BCUT2D eigenvalue weighted by molar-refractivity contribution is -0.301. The van der Waals surface area contributed by atoms with E-state index in [1.54, 1.807) is 0 Å². The zero-order valence-electron chi connectivity index (χ0n) is 39.0. The van der Waals surface area contributed by atoms with Crippen LogP contribution in [-0.4, -0.2) is 97.5 Å². The lowest BCUT2D eigenvalue weighted by Crippen LogP contribution is -2.60.